The van der Waals surface area contributed by atoms with Gasteiger partial charge in [-0.15, -0.1) is 0 Å². The van der Waals surface area contributed by atoms with E-state index in [0.717, 1.165) is 6.26 Å². The summed E-state index contributed by atoms with van der Waals surface area (Å²) in [6.45, 7) is -0.181. The summed E-state index contributed by atoms with van der Waals surface area (Å²) in [5, 5.41) is 8.39. The van der Waals surface area contributed by atoms with E-state index in [1.165, 1.54) is 0 Å². The Labute approximate surface area is 106 Å². The van der Waals surface area contributed by atoms with Crippen LogP contribution >= 0.6 is 0 Å². The van der Waals surface area contributed by atoms with E-state index in [9.17, 15) is 18.3 Å². The van der Waals surface area contributed by atoms with Gasteiger partial charge in [0.05, 0.1) is 5.25 Å². The molecule has 0 spiro atoms. The van der Waals surface area contributed by atoms with E-state index in [-0.39, 0.29) is 6.54 Å². The van der Waals surface area contributed by atoms with E-state index in [2.05, 4.69) is 0 Å². The second-order valence-corrected chi connectivity index (χ2v) is 6.86. The molecule has 1 fully saturated rings. The lowest BCUT2D eigenvalue weighted by Gasteiger charge is -2.08. The van der Waals surface area contributed by atoms with Crippen molar-refractivity contribution >= 4 is 15.8 Å². The average Bonchev–Trinajstić information content (AvgIpc) is 3.00. The summed E-state index contributed by atoms with van der Waals surface area (Å²) in [5.41, 5.74) is 4.87. The maximum Gasteiger partial charge on any atom is 0.312 e. The molecule has 1 aromatic carbocycles. The standard InChI is InChI=1S/C12H15NO4S/c1-18(16,17)10-9(8-5-3-2-4-6-8)12(10,7-13)11(14)15/h2-6,9-10H,7,13H2,1H3,(H,14,15)/t9-,10-,12+/m0/s1. The minimum atomic E-state index is -3.45. The number of carbonyl (C=O) groups is 1. The molecule has 3 N–H and O–H groups in total. The van der Waals surface area contributed by atoms with Crippen LogP contribution in [-0.4, -0.2) is 37.5 Å². The maximum absolute atomic E-state index is 11.7. The molecule has 1 aliphatic rings. The predicted octanol–water partition coefficient (Wildman–Crippen LogP) is 0.227. The summed E-state index contributed by atoms with van der Waals surface area (Å²) in [7, 11) is -3.45. The van der Waals surface area contributed by atoms with Gasteiger partial charge in [-0.3, -0.25) is 4.79 Å². The van der Waals surface area contributed by atoms with Crippen molar-refractivity contribution in [3.63, 3.8) is 0 Å². The quantitative estimate of drug-likeness (QED) is 0.815. The molecule has 0 bridgehead atoms. The summed E-state index contributed by atoms with van der Waals surface area (Å²) in [6.07, 6.45) is 1.06. The number of aliphatic carboxylic acids is 1. The molecular weight excluding hydrogens is 254 g/mol. The summed E-state index contributed by atoms with van der Waals surface area (Å²) in [5.74, 6) is -1.70. The molecule has 6 heteroatoms. The lowest BCUT2D eigenvalue weighted by Crippen LogP contribution is -2.31. The number of rotatable bonds is 4. The van der Waals surface area contributed by atoms with Gasteiger partial charge in [0.2, 0.25) is 0 Å². The minimum absolute atomic E-state index is 0.181. The highest BCUT2D eigenvalue weighted by Gasteiger charge is 2.74. The molecule has 5 nitrogen and oxygen atoms in total. The van der Waals surface area contributed by atoms with Crippen LogP contribution in [0.4, 0.5) is 0 Å². The number of hydrogen-bond acceptors (Lipinski definition) is 4. The van der Waals surface area contributed by atoms with E-state index in [0.29, 0.717) is 5.56 Å². The van der Waals surface area contributed by atoms with Crippen LogP contribution in [0.25, 0.3) is 0 Å². The Hall–Kier alpha value is -1.40. The maximum atomic E-state index is 11.7. The number of sulfone groups is 1. The van der Waals surface area contributed by atoms with Gasteiger partial charge in [0.1, 0.15) is 5.41 Å². The van der Waals surface area contributed by atoms with Gasteiger partial charge in [-0.1, -0.05) is 30.3 Å². The molecule has 18 heavy (non-hydrogen) atoms. The second-order valence-electron chi connectivity index (χ2n) is 4.69. The second kappa shape index (κ2) is 4.07. The van der Waals surface area contributed by atoms with Gasteiger partial charge >= 0.3 is 5.97 Å². The van der Waals surface area contributed by atoms with Crippen LogP contribution in [0.15, 0.2) is 30.3 Å². The van der Waals surface area contributed by atoms with Gasteiger partial charge in [-0.05, 0) is 5.56 Å². The summed E-state index contributed by atoms with van der Waals surface area (Å²) in [4.78, 5) is 11.4. The number of hydrogen-bond donors (Lipinski definition) is 2. The van der Waals surface area contributed by atoms with Crippen molar-refractivity contribution in [2.75, 3.05) is 12.8 Å². The van der Waals surface area contributed by atoms with Crippen LogP contribution in [-0.2, 0) is 14.6 Å². The molecular formula is C12H15NO4S. The third-order valence-corrected chi connectivity index (χ3v) is 5.23. The third kappa shape index (κ3) is 1.72. The highest BCUT2D eigenvalue weighted by Crippen LogP contribution is 2.62. The van der Waals surface area contributed by atoms with Gasteiger partial charge in [-0.2, -0.15) is 0 Å². The first-order chi connectivity index (χ1) is 8.35. The van der Waals surface area contributed by atoms with Crippen LogP contribution in [0, 0.1) is 5.41 Å². The zero-order valence-electron chi connectivity index (χ0n) is 9.91. The summed E-state index contributed by atoms with van der Waals surface area (Å²) >= 11 is 0. The average molecular weight is 269 g/mol. The van der Waals surface area contributed by atoms with Gasteiger partial charge in [0.15, 0.2) is 9.84 Å². The van der Waals surface area contributed by atoms with Gasteiger partial charge in [0, 0.05) is 18.7 Å². The van der Waals surface area contributed by atoms with Crippen molar-refractivity contribution in [1.29, 1.82) is 0 Å². The normalized spacial score (nSPS) is 31.0. The number of benzene rings is 1. The lowest BCUT2D eigenvalue weighted by atomic mass is 9.99. The van der Waals surface area contributed by atoms with E-state index >= 15 is 0 Å². The molecule has 1 aromatic rings. The molecule has 2 rings (SSSR count). The largest absolute Gasteiger partial charge is 0.481 e. The Kier molecular flexibility index (Phi) is 2.95. The molecule has 0 radical (unpaired) electrons. The fraction of sp³-hybridized carbons (Fsp3) is 0.417. The summed E-state index contributed by atoms with van der Waals surface area (Å²) in [6, 6.07) is 8.80. The summed E-state index contributed by atoms with van der Waals surface area (Å²) < 4.78 is 23.5. The Morgan fingerprint density at radius 2 is 1.94 bits per heavy atom. The molecule has 0 heterocycles. The van der Waals surface area contributed by atoms with E-state index in [1.807, 2.05) is 0 Å². The fourth-order valence-electron chi connectivity index (χ4n) is 2.75. The zero-order chi connectivity index (χ0) is 13.6. The lowest BCUT2D eigenvalue weighted by molar-refractivity contribution is -0.143. The molecule has 0 saturated heterocycles. The molecule has 1 aliphatic carbocycles. The first-order valence-electron chi connectivity index (χ1n) is 5.53. The zero-order valence-corrected chi connectivity index (χ0v) is 10.7. The van der Waals surface area contributed by atoms with Crippen molar-refractivity contribution in [2.45, 2.75) is 11.2 Å². The monoisotopic (exact) mass is 269 g/mol. The van der Waals surface area contributed by atoms with Crippen molar-refractivity contribution in [1.82, 2.24) is 0 Å². The molecule has 0 aliphatic heterocycles. The molecule has 3 atom stereocenters. The topological polar surface area (TPSA) is 97.5 Å². The Bertz CT molecular complexity index is 569. The van der Waals surface area contributed by atoms with Crippen LogP contribution < -0.4 is 5.73 Å². The van der Waals surface area contributed by atoms with Crippen molar-refractivity contribution in [3.8, 4) is 0 Å². The SMILES string of the molecule is CS(=O)(=O)[C@H]1[C@H](c2ccccc2)[C@@]1(CN)C(=O)O. The van der Waals surface area contributed by atoms with E-state index in [1.54, 1.807) is 30.3 Å². The highest BCUT2D eigenvalue weighted by atomic mass is 32.2. The molecule has 0 aromatic heterocycles. The smallest absolute Gasteiger partial charge is 0.312 e. The molecule has 0 unspecified atom stereocenters. The van der Waals surface area contributed by atoms with Crippen LogP contribution in [0.1, 0.15) is 11.5 Å². The van der Waals surface area contributed by atoms with E-state index < -0.39 is 32.4 Å². The number of carboxylic acids is 1. The highest BCUT2D eigenvalue weighted by molar-refractivity contribution is 7.91. The van der Waals surface area contributed by atoms with Crippen molar-refractivity contribution in [3.05, 3.63) is 35.9 Å². The predicted molar refractivity (Wildman–Crippen MR) is 66.9 cm³/mol. The Balaban J connectivity index is 2.51. The number of carboxylic acid groups (broad SMARTS) is 1. The van der Waals surface area contributed by atoms with Gasteiger partial charge in [0.25, 0.3) is 0 Å². The fourth-order valence-corrected chi connectivity index (χ4v) is 4.68. The van der Waals surface area contributed by atoms with Crippen LogP contribution in [0.3, 0.4) is 0 Å². The van der Waals surface area contributed by atoms with Gasteiger partial charge in [-0.25, -0.2) is 8.42 Å². The van der Waals surface area contributed by atoms with Crippen LogP contribution in [0.2, 0.25) is 0 Å². The first-order valence-corrected chi connectivity index (χ1v) is 7.48. The third-order valence-electron chi connectivity index (χ3n) is 3.61. The molecule has 98 valence electrons. The molecule has 0 amide bonds. The minimum Gasteiger partial charge on any atom is -0.481 e. The van der Waals surface area contributed by atoms with Gasteiger partial charge < -0.3 is 10.8 Å². The molecule has 1 saturated carbocycles. The van der Waals surface area contributed by atoms with Crippen molar-refractivity contribution < 1.29 is 18.3 Å². The van der Waals surface area contributed by atoms with Crippen molar-refractivity contribution in [2.24, 2.45) is 11.1 Å². The first kappa shape index (κ1) is 13.0. The van der Waals surface area contributed by atoms with Crippen LogP contribution in [0.5, 0.6) is 0 Å². The Morgan fingerprint density at radius 1 is 1.39 bits per heavy atom. The Morgan fingerprint density at radius 3 is 2.28 bits per heavy atom. The van der Waals surface area contributed by atoms with E-state index in [4.69, 9.17) is 5.73 Å². The number of nitrogens with two attached hydrogens (primary N) is 1.